The molecule has 0 atom stereocenters. The molecule has 0 aromatic heterocycles. The summed E-state index contributed by atoms with van der Waals surface area (Å²) in [5, 5.41) is 7.43. The number of fused-ring (bicyclic) bond motifs is 3. The maximum Gasteiger partial charge on any atom is -0.00264 e. The minimum Gasteiger partial charge on any atom is -0.100 e. The minimum absolute atomic E-state index is 1.11. The lowest BCUT2D eigenvalue weighted by molar-refractivity contribution is 1.11. The van der Waals surface area contributed by atoms with E-state index in [0.717, 1.165) is 17.5 Å². The fourth-order valence-corrected chi connectivity index (χ4v) is 6.24. The third-order valence-electron chi connectivity index (χ3n) is 8.85. The average molecular weight is 593 g/mol. The van der Waals surface area contributed by atoms with Crippen molar-refractivity contribution >= 4 is 44.5 Å². The quantitative estimate of drug-likeness (QED) is 0.169. The van der Waals surface area contributed by atoms with Crippen LogP contribution in [0.2, 0.25) is 0 Å². The summed E-state index contributed by atoms with van der Waals surface area (Å²) in [6.07, 6.45) is 5.09. The van der Waals surface area contributed by atoms with Crippen molar-refractivity contribution in [3.63, 3.8) is 0 Å². The van der Waals surface area contributed by atoms with Crippen molar-refractivity contribution in [2.75, 3.05) is 0 Å². The Morgan fingerprint density at radius 1 is 0.522 bits per heavy atom. The van der Waals surface area contributed by atoms with Crippen LogP contribution in [-0.2, 0) is 0 Å². The van der Waals surface area contributed by atoms with Gasteiger partial charge in [-0.25, -0.2) is 0 Å². The smallest absolute Gasteiger partial charge is 0.00264 e. The Morgan fingerprint density at radius 2 is 0.957 bits per heavy atom. The number of hydrogen-bond donors (Lipinski definition) is 0. The molecule has 46 heavy (non-hydrogen) atoms. The summed E-state index contributed by atoms with van der Waals surface area (Å²) < 4.78 is 0. The molecule has 0 heteroatoms. The molecule has 224 valence electrons. The van der Waals surface area contributed by atoms with Gasteiger partial charge in [0.25, 0.3) is 0 Å². The predicted octanol–water partition coefficient (Wildman–Crippen LogP) is 13.7. The number of benzene rings is 7. The van der Waals surface area contributed by atoms with Gasteiger partial charge in [0.2, 0.25) is 0 Å². The van der Waals surface area contributed by atoms with E-state index in [1.54, 1.807) is 0 Å². The fraction of sp³-hybridized carbons (Fsp3) is 0.0870. The van der Waals surface area contributed by atoms with Gasteiger partial charge in [-0.3, -0.25) is 0 Å². The molecule has 0 aliphatic carbocycles. The van der Waals surface area contributed by atoms with Gasteiger partial charge < -0.3 is 0 Å². The predicted molar refractivity (Wildman–Crippen MR) is 205 cm³/mol. The second-order valence-electron chi connectivity index (χ2n) is 12.0. The summed E-state index contributed by atoms with van der Waals surface area (Å²) in [6.45, 7) is 18.5. The highest BCUT2D eigenvalue weighted by Crippen LogP contribution is 2.44. The monoisotopic (exact) mass is 592 g/mol. The van der Waals surface area contributed by atoms with Crippen LogP contribution in [-0.4, -0.2) is 0 Å². The number of rotatable bonds is 6. The molecule has 0 fully saturated rings. The van der Waals surface area contributed by atoms with E-state index < -0.39 is 0 Å². The normalized spacial score (nSPS) is 10.8. The van der Waals surface area contributed by atoms with Crippen LogP contribution in [0, 0.1) is 6.92 Å². The molecule has 0 aliphatic rings. The zero-order valence-electron chi connectivity index (χ0n) is 27.1. The van der Waals surface area contributed by atoms with Crippen LogP contribution in [0.3, 0.4) is 0 Å². The maximum absolute atomic E-state index is 4.27. The summed E-state index contributed by atoms with van der Waals surface area (Å²) in [5.41, 5.74) is 11.9. The lowest BCUT2D eigenvalue weighted by atomic mass is 9.83. The van der Waals surface area contributed by atoms with Crippen molar-refractivity contribution in [2.45, 2.75) is 27.2 Å². The van der Waals surface area contributed by atoms with Crippen molar-refractivity contribution in [3.8, 4) is 33.4 Å². The highest BCUT2D eigenvalue weighted by atomic mass is 14.2. The molecule has 0 saturated heterocycles. The van der Waals surface area contributed by atoms with Crippen LogP contribution in [0.1, 0.15) is 37.0 Å². The summed E-state index contributed by atoms with van der Waals surface area (Å²) >= 11 is 0. The Labute approximate surface area is 273 Å². The molecular formula is C46H40. The van der Waals surface area contributed by atoms with E-state index in [1.807, 2.05) is 19.1 Å². The second-order valence-corrected chi connectivity index (χ2v) is 12.0. The number of allylic oxidation sites excluding steroid dienone is 1. The molecule has 0 saturated carbocycles. The van der Waals surface area contributed by atoms with E-state index >= 15 is 0 Å². The Morgan fingerprint density at radius 3 is 1.59 bits per heavy atom. The molecule has 0 bridgehead atoms. The molecule has 0 radical (unpaired) electrons. The van der Waals surface area contributed by atoms with Crippen LogP contribution >= 0.6 is 0 Å². The van der Waals surface area contributed by atoms with E-state index in [-0.39, 0.29) is 0 Å². The molecule has 0 N–H and O–H groups in total. The summed E-state index contributed by atoms with van der Waals surface area (Å²) in [4.78, 5) is 0. The lowest BCUT2D eigenvalue weighted by Crippen LogP contribution is -1.96. The van der Waals surface area contributed by atoms with Gasteiger partial charge in [-0.15, -0.1) is 6.58 Å². The van der Waals surface area contributed by atoms with E-state index in [4.69, 9.17) is 0 Å². The number of hydrogen-bond acceptors (Lipinski definition) is 0. The zero-order chi connectivity index (χ0) is 32.2. The lowest BCUT2D eigenvalue weighted by Gasteiger charge is -2.20. The van der Waals surface area contributed by atoms with Gasteiger partial charge in [0, 0.05) is 0 Å². The number of aryl methyl sites for hydroxylation is 1. The van der Waals surface area contributed by atoms with E-state index in [2.05, 4.69) is 161 Å². The molecule has 0 spiro atoms. The first kappa shape index (κ1) is 30.6. The highest BCUT2D eigenvalue weighted by molar-refractivity contribution is 6.12. The summed E-state index contributed by atoms with van der Waals surface area (Å²) in [5.74, 6) is 0. The van der Waals surface area contributed by atoms with Crippen LogP contribution in [0.5, 0.6) is 0 Å². The standard InChI is InChI=1S/C41H30.C5H10/c1-4-36-37(5-2)41(35-23-18-28-10-6-7-11-31(28)26-35)39-13-9-8-12-38(39)40(36)30-19-16-29(17-20-30)33-22-21-32-24-27(3)14-15-34(32)25-33;1-4-5(2)3/h4-26H,1-2H2,3H3;2,4H2,1,3H3. The third-order valence-corrected chi connectivity index (χ3v) is 8.85. The Balaban J connectivity index is 0.000000692. The van der Waals surface area contributed by atoms with Crippen LogP contribution in [0.15, 0.2) is 153 Å². The van der Waals surface area contributed by atoms with Gasteiger partial charge >= 0.3 is 0 Å². The molecule has 0 aliphatic heterocycles. The van der Waals surface area contributed by atoms with Gasteiger partial charge in [0.1, 0.15) is 0 Å². The van der Waals surface area contributed by atoms with E-state index in [1.165, 1.54) is 76.8 Å². The SMILES string of the molecule is C=C(C)CC.C=Cc1c(C=C)c(-c2ccc3ccccc3c2)c2ccccc2c1-c1ccc(-c2ccc3cc(C)ccc3c2)cc1. The fourth-order valence-electron chi connectivity index (χ4n) is 6.24. The molecule has 7 aromatic carbocycles. The average Bonchev–Trinajstić information content (AvgIpc) is 3.10. The van der Waals surface area contributed by atoms with E-state index in [0.29, 0.717) is 0 Å². The highest BCUT2D eigenvalue weighted by Gasteiger charge is 2.19. The van der Waals surface area contributed by atoms with Crippen molar-refractivity contribution in [1.82, 2.24) is 0 Å². The molecule has 0 amide bonds. The Kier molecular flexibility index (Phi) is 8.81. The molecular weight excluding hydrogens is 553 g/mol. The minimum atomic E-state index is 1.11. The first-order valence-corrected chi connectivity index (χ1v) is 16.0. The van der Waals surface area contributed by atoms with Crippen molar-refractivity contribution < 1.29 is 0 Å². The summed E-state index contributed by atoms with van der Waals surface area (Å²) in [7, 11) is 0. The van der Waals surface area contributed by atoms with Crippen molar-refractivity contribution in [1.29, 1.82) is 0 Å². The van der Waals surface area contributed by atoms with Gasteiger partial charge in [0.15, 0.2) is 0 Å². The van der Waals surface area contributed by atoms with Gasteiger partial charge in [0.05, 0.1) is 0 Å². The molecule has 0 heterocycles. The topological polar surface area (TPSA) is 0 Å². The second kappa shape index (κ2) is 13.3. The molecule has 7 aromatic rings. The van der Waals surface area contributed by atoms with Gasteiger partial charge in [-0.1, -0.05) is 159 Å². The Hall–Kier alpha value is -5.46. The van der Waals surface area contributed by atoms with Crippen LogP contribution in [0.4, 0.5) is 0 Å². The molecule has 7 rings (SSSR count). The van der Waals surface area contributed by atoms with Crippen molar-refractivity contribution in [3.05, 3.63) is 169 Å². The van der Waals surface area contributed by atoms with Crippen molar-refractivity contribution in [2.24, 2.45) is 0 Å². The first-order chi connectivity index (χ1) is 22.4. The molecule has 0 unspecified atom stereocenters. The molecule has 0 nitrogen and oxygen atoms in total. The van der Waals surface area contributed by atoms with Gasteiger partial charge in [-0.05, 0) is 109 Å². The first-order valence-electron chi connectivity index (χ1n) is 16.0. The van der Waals surface area contributed by atoms with E-state index in [9.17, 15) is 0 Å². The largest absolute Gasteiger partial charge is 0.100 e. The summed E-state index contributed by atoms with van der Waals surface area (Å²) in [6, 6.07) is 46.2. The zero-order valence-corrected chi connectivity index (χ0v) is 27.1. The Bertz CT molecular complexity index is 2240. The maximum atomic E-state index is 4.27. The third kappa shape index (κ3) is 5.95. The van der Waals surface area contributed by atoms with Gasteiger partial charge in [-0.2, -0.15) is 0 Å². The van der Waals surface area contributed by atoms with Crippen LogP contribution in [0.25, 0.3) is 77.9 Å². The van der Waals surface area contributed by atoms with Crippen LogP contribution < -0.4 is 0 Å².